The minimum atomic E-state index is -4.23. The van der Waals surface area contributed by atoms with Crippen LogP contribution in [0.2, 0.25) is 10.0 Å². The lowest BCUT2D eigenvalue weighted by Crippen LogP contribution is -2.28. The molecule has 4 aromatic rings. The van der Waals surface area contributed by atoms with Crippen molar-refractivity contribution < 1.29 is 31.3 Å². The molecule has 7 nitrogen and oxygen atoms in total. The number of carbonyl (C=O) groups is 2. The topological polar surface area (TPSA) is 113 Å². The molecule has 1 atom stereocenters. The van der Waals surface area contributed by atoms with E-state index < -0.39 is 45.2 Å². The number of carbonyl (C=O) groups excluding carboxylic acids is 2. The molecule has 0 saturated carbocycles. The molecule has 0 saturated heterocycles. The fourth-order valence-corrected chi connectivity index (χ4v) is 5.62. The third-order valence-corrected chi connectivity index (χ3v) is 8.54. The molecule has 12 heteroatoms. The molecule has 0 bridgehead atoms. The number of anilines is 1. The first-order chi connectivity index (χ1) is 22.5. The van der Waals surface area contributed by atoms with Crippen molar-refractivity contribution in [1.82, 2.24) is 5.32 Å². The fourth-order valence-electron chi connectivity index (χ4n) is 4.75. The van der Waals surface area contributed by atoms with Gasteiger partial charge in [0.1, 0.15) is 11.6 Å². The molecule has 0 aromatic heterocycles. The molecule has 252 valence electrons. The van der Waals surface area contributed by atoms with Crippen LogP contribution in [0.4, 0.5) is 14.5 Å². The second-order valence-electron chi connectivity index (χ2n) is 12.3. The zero-order valence-electron chi connectivity index (χ0n) is 26.4. The second kappa shape index (κ2) is 15.4. The Kier molecular flexibility index (Phi) is 11.8. The van der Waals surface area contributed by atoms with E-state index in [4.69, 9.17) is 27.8 Å². The minimum absolute atomic E-state index is 0.0333. The summed E-state index contributed by atoms with van der Waals surface area (Å²) in [6, 6.07) is 19.9. The molecule has 48 heavy (non-hydrogen) atoms. The molecule has 1 unspecified atom stereocenters. The lowest BCUT2D eigenvalue weighted by Gasteiger charge is -2.19. The van der Waals surface area contributed by atoms with Gasteiger partial charge in [0.2, 0.25) is 5.91 Å². The smallest absolute Gasteiger partial charge is 0.266 e. The Bertz CT molecular complexity index is 1940. The molecule has 0 fully saturated rings. The number of nitrogens with one attached hydrogen (secondary N) is 2. The molecule has 2 amide bonds. The monoisotopic (exact) mass is 714 g/mol. The van der Waals surface area contributed by atoms with Crippen molar-refractivity contribution >= 4 is 56.9 Å². The van der Waals surface area contributed by atoms with Crippen molar-refractivity contribution in [2.75, 3.05) is 17.6 Å². The van der Waals surface area contributed by atoms with E-state index in [1.54, 1.807) is 24.3 Å². The number of hydrogen-bond donors (Lipinski definition) is 3. The third kappa shape index (κ3) is 10.5. The van der Waals surface area contributed by atoms with Gasteiger partial charge in [0.15, 0.2) is 0 Å². The predicted octanol–water partition coefficient (Wildman–Crippen LogP) is 8.58. The summed E-state index contributed by atoms with van der Waals surface area (Å²) < 4.78 is 61.3. The summed E-state index contributed by atoms with van der Waals surface area (Å²) in [6.45, 7) is 5.95. The lowest BCUT2D eigenvalue weighted by atomic mass is 9.89. The normalized spacial score (nSPS) is 12.6. The largest absolute Gasteiger partial charge is 0.351 e. The SMILES string of the molecule is CC(C)(C)/C=C/c1ccc(C(Cc2ccc(C(=O)NCCS(=O)(=O)O)cc2)C(=O)Nc2cc(F)c(-c3ccc(Cl)cc3Cl)cc2F)cc1. The molecular weight excluding hydrogens is 681 g/mol. The van der Waals surface area contributed by atoms with Crippen LogP contribution in [0.25, 0.3) is 17.2 Å². The van der Waals surface area contributed by atoms with Crippen molar-refractivity contribution in [3.8, 4) is 11.1 Å². The zero-order chi connectivity index (χ0) is 35.2. The van der Waals surface area contributed by atoms with Crippen molar-refractivity contribution in [2.45, 2.75) is 33.1 Å². The molecule has 0 aliphatic heterocycles. The van der Waals surface area contributed by atoms with Crippen LogP contribution < -0.4 is 10.6 Å². The van der Waals surface area contributed by atoms with Crippen LogP contribution in [-0.4, -0.2) is 37.1 Å². The first-order valence-corrected chi connectivity index (χ1v) is 17.2. The van der Waals surface area contributed by atoms with Crippen LogP contribution >= 0.6 is 23.2 Å². The van der Waals surface area contributed by atoms with Crippen molar-refractivity contribution in [3.05, 3.63) is 129 Å². The number of halogens is 4. The van der Waals surface area contributed by atoms with E-state index in [2.05, 4.69) is 37.5 Å². The minimum Gasteiger partial charge on any atom is -0.351 e. The van der Waals surface area contributed by atoms with E-state index in [1.165, 1.54) is 30.3 Å². The summed E-state index contributed by atoms with van der Waals surface area (Å²) in [6.07, 6.45) is 4.19. The highest BCUT2D eigenvalue weighted by atomic mass is 35.5. The van der Waals surface area contributed by atoms with E-state index in [-0.39, 0.29) is 45.8 Å². The van der Waals surface area contributed by atoms with E-state index in [9.17, 15) is 18.0 Å². The standard InChI is InChI=1S/C36H34Cl2F2N2O5S/c1-36(2,3)15-14-22-4-8-24(9-5-22)28(18-23-6-10-25(11-7-23)34(43)41-16-17-48(45,46)47)35(44)42-33-21-31(39)29(20-32(33)40)27-13-12-26(37)19-30(27)38/h4-15,19-21,28H,16-18H2,1-3H3,(H,41,43)(H,42,44)(H,45,46,47)/b15-14+. The van der Waals surface area contributed by atoms with Gasteiger partial charge in [0.25, 0.3) is 16.0 Å². The first kappa shape index (κ1) is 36.7. The van der Waals surface area contributed by atoms with Gasteiger partial charge in [-0.15, -0.1) is 0 Å². The van der Waals surface area contributed by atoms with Crippen molar-refractivity contribution in [3.63, 3.8) is 0 Å². The Morgan fingerprint density at radius 3 is 2.17 bits per heavy atom. The van der Waals surface area contributed by atoms with E-state index in [1.807, 2.05) is 18.2 Å². The molecule has 3 N–H and O–H groups in total. The van der Waals surface area contributed by atoms with Gasteiger partial charge in [-0.1, -0.05) is 98.6 Å². The van der Waals surface area contributed by atoms with Crippen LogP contribution in [0.15, 0.2) is 84.9 Å². The van der Waals surface area contributed by atoms with Crippen molar-refractivity contribution in [1.29, 1.82) is 0 Å². The van der Waals surface area contributed by atoms with Crippen LogP contribution in [-0.2, 0) is 21.3 Å². The molecule has 4 aromatic carbocycles. The maximum absolute atomic E-state index is 15.3. The van der Waals surface area contributed by atoms with Crippen LogP contribution in [0.5, 0.6) is 0 Å². The molecular formula is C36H34Cl2F2N2O5S. The number of allylic oxidation sites excluding steroid dienone is 1. The highest BCUT2D eigenvalue weighted by Crippen LogP contribution is 2.35. The molecule has 0 heterocycles. The van der Waals surface area contributed by atoms with Gasteiger partial charge in [0, 0.05) is 39.3 Å². The van der Waals surface area contributed by atoms with Crippen LogP contribution in [0.1, 0.15) is 53.7 Å². The summed E-state index contributed by atoms with van der Waals surface area (Å²) in [5, 5.41) is 5.43. The van der Waals surface area contributed by atoms with Gasteiger partial charge >= 0.3 is 0 Å². The molecule has 0 aliphatic rings. The Balaban J connectivity index is 1.60. The summed E-state index contributed by atoms with van der Waals surface area (Å²) in [4.78, 5) is 26.2. The summed E-state index contributed by atoms with van der Waals surface area (Å²) in [7, 11) is -4.23. The number of amides is 2. The highest BCUT2D eigenvalue weighted by Gasteiger charge is 2.24. The first-order valence-electron chi connectivity index (χ1n) is 14.9. The Hall–Kier alpha value is -4.09. The van der Waals surface area contributed by atoms with Crippen LogP contribution in [0.3, 0.4) is 0 Å². The van der Waals surface area contributed by atoms with Crippen LogP contribution in [0, 0.1) is 17.0 Å². The average Bonchev–Trinajstić information content (AvgIpc) is 3.00. The highest BCUT2D eigenvalue weighted by molar-refractivity contribution is 7.85. The predicted molar refractivity (Wildman–Crippen MR) is 187 cm³/mol. The summed E-state index contributed by atoms with van der Waals surface area (Å²) in [5.74, 6) is -4.26. The fraction of sp³-hybridized carbons (Fsp3) is 0.222. The Morgan fingerprint density at radius 2 is 1.56 bits per heavy atom. The van der Waals surface area contributed by atoms with E-state index >= 15 is 8.78 Å². The van der Waals surface area contributed by atoms with E-state index in [0.29, 0.717) is 16.1 Å². The number of hydrogen-bond acceptors (Lipinski definition) is 4. The number of benzene rings is 4. The van der Waals surface area contributed by atoms with Crippen molar-refractivity contribution in [2.24, 2.45) is 5.41 Å². The zero-order valence-corrected chi connectivity index (χ0v) is 28.7. The maximum Gasteiger partial charge on any atom is 0.266 e. The molecule has 0 spiro atoms. The van der Waals surface area contributed by atoms with E-state index in [0.717, 1.165) is 17.7 Å². The maximum atomic E-state index is 15.3. The van der Waals surface area contributed by atoms with Gasteiger partial charge in [-0.3, -0.25) is 14.1 Å². The second-order valence-corrected chi connectivity index (χ2v) is 14.7. The Morgan fingerprint density at radius 1 is 0.896 bits per heavy atom. The third-order valence-electron chi connectivity index (χ3n) is 7.27. The molecule has 0 aliphatic carbocycles. The van der Waals surface area contributed by atoms with Gasteiger partial charge in [0.05, 0.1) is 17.4 Å². The molecule has 4 rings (SSSR count). The Labute approximate surface area is 288 Å². The summed E-state index contributed by atoms with van der Waals surface area (Å²) in [5.41, 5.74) is 2.21. The van der Waals surface area contributed by atoms with Gasteiger partial charge in [-0.2, -0.15) is 8.42 Å². The van der Waals surface area contributed by atoms with Gasteiger partial charge in [-0.05, 0) is 58.9 Å². The number of rotatable bonds is 11. The lowest BCUT2D eigenvalue weighted by molar-refractivity contribution is -0.117. The quantitative estimate of drug-likeness (QED) is 0.135. The summed E-state index contributed by atoms with van der Waals surface area (Å²) >= 11 is 12.2. The average molecular weight is 716 g/mol. The molecule has 0 radical (unpaired) electrons. The van der Waals surface area contributed by atoms with Gasteiger partial charge < -0.3 is 10.6 Å². The van der Waals surface area contributed by atoms with Gasteiger partial charge in [-0.25, -0.2) is 8.78 Å².